The Morgan fingerprint density at radius 2 is 1.83 bits per heavy atom. The van der Waals surface area contributed by atoms with Crippen molar-refractivity contribution in [2.24, 2.45) is 4.99 Å². The lowest BCUT2D eigenvalue weighted by Gasteiger charge is -2.16. The van der Waals surface area contributed by atoms with Crippen LogP contribution < -0.4 is 10.6 Å². The van der Waals surface area contributed by atoms with Crippen molar-refractivity contribution >= 4 is 44.8 Å². The predicted octanol–water partition coefficient (Wildman–Crippen LogP) is 6.11. The van der Waals surface area contributed by atoms with Gasteiger partial charge in [0.1, 0.15) is 5.75 Å². The number of nitrogens with one attached hydrogen (secondary N) is 2. The second-order valence-electron chi connectivity index (χ2n) is 6.76. The van der Waals surface area contributed by atoms with E-state index in [0.717, 1.165) is 22.4 Å². The van der Waals surface area contributed by atoms with Crippen LogP contribution >= 0.6 is 23.1 Å². The van der Waals surface area contributed by atoms with Crippen molar-refractivity contribution in [2.75, 3.05) is 22.9 Å². The quantitative estimate of drug-likeness (QED) is 0.441. The highest BCUT2D eigenvalue weighted by molar-refractivity contribution is 8.14. The number of aromatic hydroxyl groups is 1. The molecule has 5 nitrogen and oxygen atoms in total. The maximum atomic E-state index is 9.60. The van der Waals surface area contributed by atoms with Crippen molar-refractivity contribution < 1.29 is 5.11 Å². The molecular formula is C22H26N4OS2. The zero-order valence-electron chi connectivity index (χ0n) is 16.9. The molecule has 0 atom stereocenters. The maximum absolute atomic E-state index is 9.60. The highest BCUT2D eigenvalue weighted by Gasteiger charge is 2.08. The van der Waals surface area contributed by atoms with E-state index in [1.54, 1.807) is 12.3 Å². The summed E-state index contributed by atoms with van der Waals surface area (Å²) < 4.78 is 0. The topological polar surface area (TPSA) is 69.5 Å². The van der Waals surface area contributed by atoms with Gasteiger partial charge in [0.2, 0.25) is 0 Å². The van der Waals surface area contributed by atoms with Crippen molar-refractivity contribution in [1.82, 2.24) is 4.98 Å². The monoisotopic (exact) mass is 426 g/mol. The van der Waals surface area contributed by atoms with Crippen LogP contribution in [0.5, 0.6) is 5.75 Å². The fraction of sp³-hybridized carbons (Fsp3) is 0.273. The molecular weight excluding hydrogens is 400 g/mol. The molecule has 2 heterocycles. The third-order valence-corrected chi connectivity index (χ3v) is 6.02. The van der Waals surface area contributed by atoms with E-state index in [9.17, 15) is 5.11 Å². The zero-order valence-corrected chi connectivity index (χ0v) is 18.5. The number of rotatable bonds is 3. The minimum atomic E-state index is 0.250. The molecule has 7 heteroatoms. The molecule has 0 aliphatic carbocycles. The van der Waals surface area contributed by atoms with Crippen LogP contribution in [0.2, 0.25) is 0 Å². The van der Waals surface area contributed by atoms with E-state index < -0.39 is 0 Å². The van der Waals surface area contributed by atoms with Gasteiger partial charge < -0.3 is 15.7 Å². The number of para-hydroxylation sites is 1. The molecule has 3 N–H and O–H groups in total. The molecule has 0 amide bonds. The Bertz CT molecular complexity index is 951. The highest BCUT2D eigenvalue weighted by atomic mass is 32.2. The molecule has 152 valence electrons. The molecule has 1 aliphatic heterocycles. The number of hydrogen-bond donors (Lipinski definition) is 3. The lowest BCUT2D eigenvalue weighted by molar-refractivity contribution is 0.477. The number of aromatic nitrogens is 1. The highest BCUT2D eigenvalue weighted by Crippen LogP contribution is 2.28. The molecule has 3 aromatic rings. The average molecular weight is 427 g/mol. The first kappa shape index (κ1) is 21.2. The average Bonchev–Trinajstić information content (AvgIpc) is 3.22. The molecule has 1 aromatic heterocycles. The normalized spacial score (nSPS) is 13.1. The summed E-state index contributed by atoms with van der Waals surface area (Å²) in [7, 11) is 0. The van der Waals surface area contributed by atoms with Gasteiger partial charge >= 0.3 is 0 Å². The summed E-state index contributed by atoms with van der Waals surface area (Å²) in [6.07, 6.45) is 2.92. The van der Waals surface area contributed by atoms with Gasteiger partial charge in [-0.1, -0.05) is 36.0 Å². The van der Waals surface area contributed by atoms with E-state index in [4.69, 9.17) is 0 Å². The van der Waals surface area contributed by atoms with Gasteiger partial charge in [-0.2, -0.15) is 0 Å². The van der Waals surface area contributed by atoms with Crippen LogP contribution in [0.15, 0.2) is 53.0 Å². The Balaban J connectivity index is 0.000000166. The largest absolute Gasteiger partial charge is 0.506 e. The van der Waals surface area contributed by atoms with Crippen molar-refractivity contribution in [2.45, 2.75) is 27.2 Å². The Labute approximate surface area is 180 Å². The lowest BCUT2D eigenvalue weighted by atomic mass is 10.1. The summed E-state index contributed by atoms with van der Waals surface area (Å²) in [5.41, 5.74) is 5.50. The number of phenols is 1. The molecule has 1 aliphatic rings. The van der Waals surface area contributed by atoms with Crippen LogP contribution in [0.3, 0.4) is 0 Å². The Kier molecular flexibility index (Phi) is 7.55. The fourth-order valence-corrected chi connectivity index (χ4v) is 4.17. The third kappa shape index (κ3) is 6.24. The maximum Gasteiger partial charge on any atom is 0.187 e. The number of amidine groups is 1. The van der Waals surface area contributed by atoms with Gasteiger partial charge in [0, 0.05) is 29.6 Å². The number of nitrogens with zero attached hydrogens (tertiary/aromatic N) is 2. The minimum absolute atomic E-state index is 0.250. The molecule has 0 radical (unpaired) electrons. The van der Waals surface area contributed by atoms with Gasteiger partial charge in [0.15, 0.2) is 10.3 Å². The van der Waals surface area contributed by atoms with E-state index in [1.807, 2.05) is 36.2 Å². The molecule has 0 bridgehead atoms. The van der Waals surface area contributed by atoms with Crippen LogP contribution in [0, 0.1) is 20.8 Å². The van der Waals surface area contributed by atoms with E-state index in [2.05, 4.69) is 52.7 Å². The summed E-state index contributed by atoms with van der Waals surface area (Å²) >= 11 is 3.31. The number of hydrogen-bond acceptors (Lipinski definition) is 7. The smallest absolute Gasteiger partial charge is 0.187 e. The van der Waals surface area contributed by atoms with E-state index in [-0.39, 0.29) is 5.75 Å². The number of benzene rings is 2. The van der Waals surface area contributed by atoms with Gasteiger partial charge in [-0.05, 0) is 56.0 Å². The second-order valence-corrected chi connectivity index (χ2v) is 8.74. The number of thiazole rings is 1. The number of anilines is 3. The van der Waals surface area contributed by atoms with Crippen LogP contribution in [0.1, 0.15) is 23.1 Å². The second kappa shape index (κ2) is 10.3. The van der Waals surface area contributed by atoms with Crippen LogP contribution in [0.4, 0.5) is 16.5 Å². The summed E-state index contributed by atoms with van der Waals surface area (Å²) in [5, 5.41) is 19.8. The Morgan fingerprint density at radius 3 is 2.45 bits per heavy atom. The van der Waals surface area contributed by atoms with Gasteiger partial charge in [-0.25, -0.2) is 4.98 Å². The molecule has 0 unspecified atom stereocenters. The standard InChI is InChI=1S/C12H16N2S.C10H10N2OS/c1-9-5-3-6-10(2)11(9)14-12-13-7-4-8-15-12;1-7-2-3-8(9(13)6-7)12-10-11-4-5-14-10/h3,5-6H,4,7-8H2,1-2H3,(H,13,14);2-6,13H,1H3,(H,11,12). The van der Waals surface area contributed by atoms with Crippen molar-refractivity contribution in [3.63, 3.8) is 0 Å². The molecule has 0 saturated heterocycles. The van der Waals surface area contributed by atoms with Crippen LogP contribution in [-0.4, -0.2) is 27.6 Å². The minimum Gasteiger partial charge on any atom is -0.506 e. The summed E-state index contributed by atoms with van der Waals surface area (Å²) in [4.78, 5) is 8.55. The van der Waals surface area contributed by atoms with Gasteiger partial charge in [-0.15, -0.1) is 11.3 Å². The van der Waals surface area contributed by atoms with Gasteiger partial charge in [0.25, 0.3) is 0 Å². The molecule has 0 saturated carbocycles. The molecule has 2 aromatic carbocycles. The molecule has 0 spiro atoms. The SMILES string of the molecule is Cc1ccc(Nc2nccs2)c(O)c1.Cc1cccc(C)c1NC1=NCCCS1. The third-order valence-electron chi connectivity index (χ3n) is 4.34. The van der Waals surface area contributed by atoms with Crippen molar-refractivity contribution in [3.05, 3.63) is 64.7 Å². The van der Waals surface area contributed by atoms with Crippen LogP contribution in [-0.2, 0) is 0 Å². The lowest BCUT2D eigenvalue weighted by Crippen LogP contribution is -2.14. The molecule has 29 heavy (non-hydrogen) atoms. The first-order chi connectivity index (χ1) is 14.0. The van der Waals surface area contributed by atoms with E-state index in [1.165, 1.54) is 40.3 Å². The Hall–Kier alpha value is -2.51. The number of phenolic OH excluding ortho intramolecular Hbond substituents is 1. The van der Waals surface area contributed by atoms with Gasteiger partial charge in [-0.3, -0.25) is 4.99 Å². The van der Waals surface area contributed by atoms with E-state index >= 15 is 0 Å². The summed E-state index contributed by atoms with van der Waals surface area (Å²) in [5.74, 6) is 1.43. The predicted molar refractivity (Wildman–Crippen MR) is 127 cm³/mol. The number of thioether (sulfide) groups is 1. The summed E-state index contributed by atoms with van der Waals surface area (Å²) in [6.45, 7) is 7.15. The zero-order chi connectivity index (χ0) is 20.6. The van der Waals surface area contributed by atoms with E-state index in [0.29, 0.717) is 5.69 Å². The van der Waals surface area contributed by atoms with Crippen molar-refractivity contribution in [1.29, 1.82) is 0 Å². The first-order valence-corrected chi connectivity index (χ1v) is 11.4. The molecule has 0 fully saturated rings. The summed E-state index contributed by atoms with van der Waals surface area (Å²) in [6, 6.07) is 11.8. The van der Waals surface area contributed by atoms with Crippen molar-refractivity contribution in [3.8, 4) is 5.75 Å². The first-order valence-electron chi connectivity index (χ1n) is 9.49. The van der Waals surface area contributed by atoms with Crippen LogP contribution in [0.25, 0.3) is 0 Å². The molecule has 4 rings (SSSR count). The van der Waals surface area contributed by atoms with Gasteiger partial charge in [0.05, 0.1) is 5.69 Å². The Morgan fingerprint density at radius 1 is 1.03 bits per heavy atom. The number of aryl methyl sites for hydroxylation is 3. The number of aliphatic imine (C=N–C) groups is 1. The fourth-order valence-electron chi connectivity index (χ4n) is 2.80.